The smallest absolute Gasteiger partial charge is 0.306 e. The van der Waals surface area contributed by atoms with Gasteiger partial charge in [-0.1, -0.05) is 5.21 Å². The number of aliphatic carboxylic acids is 1. The lowest BCUT2D eigenvalue weighted by Gasteiger charge is -2.27. The second-order valence-electron chi connectivity index (χ2n) is 8.37. The third-order valence-corrected chi connectivity index (χ3v) is 5.99. The Morgan fingerprint density at radius 2 is 2.14 bits per heavy atom. The van der Waals surface area contributed by atoms with E-state index in [0.29, 0.717) is 48.3 Å². The van der Waals surface area contributed by atoms with Gasteiger partial charge in [0.05, 0.1) is 36.2 Å². The van der Waals surface area contributed by atoms with Gasteiger partial charge in [-0.3, -0.25) is 9.78 Å². The summed E-state index contributed by atoms with van der Waals surface area (Å²) in [4.78, 5) is 24.6. The van der Waals surface area contributed by atoms with E-state index in [9.17, 15) is 9.90 Å². The Morgan fingerprint density at radius 3 is 2.91 bits per heavy atom. The first-order valence-corrected chi connectivity index (χ1v) is 11.4. The van der Waals surface area contributed by atoms with Gasteiger partial charge in [-0.25, -0.2) is 14.3 Å². The summed E-state index contributed by atoms with van der Waals surface area (Å²) in [5.41, 5.74) is 2.11. The molecule has 5 rings (SSSR count). The van der Waals surface area contributed by atoms with E-state index < -0.39 is 5.97 Å². The van der Waals surface area contributed by atoms with E-state index >= 15 is 0 Å². The van der Waals surface area contributed by atoms with Crippen molar-refractivity contribution in [3.8, 4) is 23.0 Å². The van der Waals surface area contributed by atoms with E-state index in [1.807, 2.05) is 31.4 Å². The number of carbonyl (C=O) groups is 1. The van der Waals surface area contributed by atoms with Gasteiger partial charge < -0.3 is 15.2 Å². The monoisotopic (exact) mass is 475 g/mol. The number of pyridine rings is 1. The summed E-state index contributed by atoms with van der Waals surface area (Å²) in [6, 6.07) is 7.26. The van der Waals surface area contributed by atoms with Crippen molar-refractivity contribution < 1.29 is 14.6 Å². The van der Waals surface area contributed by atoms with Crippen molar-refractivity contribution in [2.24, 2.45) is 13.0 Å². The molecule has 1 saturated carbocycles. The molecule has 1 aliphatic carbocycles. The number of anilines is 1. The van der Waals surface area contributed by atoms with Crippen molar-refractivity contribution >= 4 is 11.9 Å². The minimum atomic E-state index is -0.755. The van der Waals surface area contributed by atoms with Crippen LogP contribution in [-0.4, -0.2) is 56.9 Å². The number of aryl methyl sites for hydroxylation is 1. The lowest BCUT2D eigenvalue weighted by molar-refractivity contribution is -0.143. The van der Waals surface area contributed by atoms with Gasteiger partial charge in [0.25, 0.3) is 0 Å². The lowest BCUT2D eigenvalue weighted by Crippen LogP contribution is -2.29. The number of carboxylic acid groups (broad SMARTS) is 1. The predicted octanol–water partition coefficient (Wildman–Crippen LogP) is 2.49. The van der Waals surface area contributed by atoms with E-state index in [2.05, 4.69) is 35.7 Å². The molecule has 2 atom stereocenters. The summed E-state index contributed by atoms with van der Waals surface area (Å²) in [6.07, 6.45) is 9.59. The maximum Gasteiger partial charge on any atom is 0.306 e. The second-order valence-corrected chi connectivity index (χ2v) is 8.37. The molecule has 1 fully saturated rings. The number of carboxylic acids is 1. The van der Waals surface area contributed by atoms with Crippen molar-refractivity contribution in [2.75, 3.05) is 5.32 Å². The zero-order chi connectivity index (χ0) is 24.2. The fourth-order valence-corrected chi connectivity index (χ4v) is 4.16. The Hall–Kier alpha value is -4.35. The van der Waals surface area contributed by atoms with Gasteiger partial charge in [0.15, 0.2) is 5.82 Å². The first kappa shape index (κ1) is 22.4. The first-order chi connectivity index (χ1) is 17.1. The van der Waals surface area contributed by atoms with Crippen molar-refractivity contribution in [3.63, 3.8) is 0 Å². The van der Waals surface area contributed by atoms with Crippen LogP contribution in [0, 0.1) is 5.92 Å². The fourth-order valence-electron chi connectivity index (χ4n) is 4.16. The average molecular weight is 476 g/mol. The van der Waals surface area contributed by atoms with E-state index in [4.69, 9.17) is 4.74 Å². The molecule has 4 heterocycles. The molecular weight excluding hydrogens is 450 g/mol. The Morgan fingerprint density at radius 1 is 1.23 bits per heavy atom. The van der Waals surface area contributed by atoms with Gasteiger partial charge in [-0.15, -0.1) is 5.10 Å². The van der Waals surface area contributed by atoms with Crippen LogP contribution in [0.25, 0.3) is 17.2 Å². The van der Waals surface area contributed by atoms with Gasteiger partial charge >= 0.3 is 5.97 Å². The quantitative estimate of drug-likeness (QED) is 0.390. The molecule has 2 N–H and O–H groups in total. The normalized spacial score (nSPS) is 17.7. The summed E-state index contributed by atoms with van der Waals surface area (Å²) >= 11 is 0. The molecule has 0 radical (unpaired) electrons. The van der Waals surface area contributed by atoms with Crippen molar-refractivity contribution in [3.05, 3.63) is 54.7 Å². The van der Waals surface area contributed by atoms with Crippen molar-refractivity contribution in [1.82, 2.24) is 39.7 Å². The summed E-state index contributed by atoms with van der Waals surface area (Å²) in [6.45, 7) is 0.389. The Balaban J connectivity index is 1.26. The highest BCUT2D eigenvalue weighted by atomic mass is 16.5. The van der Waals surface area contributed by atoms with E-state index in [0.717, 1.165) is 18.5 Å². The summed E-state index contributed by atoms with van der Waals surface area (Å²) in [5, 5.41) is 25.1. The molecule has 12 nitrogen and oxygen atoms in total. The van der Waals surface area contributed by atoms with Crippen molar-refractivity contribution in [1.29, 1.82) is 0 Å². The van der Waals surface area contributed by atoms with Crippen LogP contribution in [0.2, 0.25) is 0 Å². The number of aromatic nitrogens is 8. The molecule has 4 aromatic rings. The molecule has 0 bridgehead atoms. The molecule has 0 aromatic carbocycles. The molecule has 0 amide bonds. The molecule has 180 valence electrons. The summed E-state index contributed by atoms with van der Waals surface area (Å²) in [7, 11) is 1.81. The number of hydrogen-bond acceptors (Lipinski definition) is 9. The number of nitrogens with one attached hydrogen (secondary N) is 1. The van der Waals surface area contributed by atoms with Gasteiger partial charge in [0.2, 0.25) is 5.95 Å². The Labute approximate surface area is 201 Å². The van der Waals surface area contributed by atoms with Crippen LogP contribution in [0.5, 0.6) is 5.75 Å². The van der Waals surface area contributed by atoms with Crippen LogP contribution in [0.1, 0.15) is 31.4 Å². The van der Waals surface area contributed by atoms with Gasteiger partial charge in [0, 0.05) is 31.7 Å². The van der Waals surface area contributed by atoms with Crippen LogP contribution in [0.3, 0.4) is 0 Å². The van der Waals surface area contributed by atoms with Crippen LogP contribution in [0.15, 0.2) is 49.1 Å². The highest BCUT2D eigenvalue weighted by Gasteiger charge is 2.28. The molecule has 0 aliphatic heterocycles. The topological polar surface area (TPSA) is 146 Å². The Kier molecular flexibility index (Phi) is 6.33. The SMILES string of the molecule is Cn1nnc(-c2ccc(O[C@H]3CCC[C@H](C(=O)O)C3)cn2)c1CNc1nccc(-n2cccn2)n1. The standard InChI is InChI=1S/C23H25N9O3/c1-31-19(14-26-23-24-10-8-20(28-23)32-11-3-9-27-32)21(29-30-31)18-7-6-17(13-25-18)35-16-5-2-4-15(12-16)22(33)34/h3,6-11,13,15-16H,2,4-5,12,14H2,1H3,(H,33,34)(H,24,26,28)/t15-,16-/m0/s1. The minimum absolute atomic E-state index is 0.119. The third-order valence-electron chi connectivity index (χ3n) is 5.99. The van der Waals surface area contributed by atoms with E-state index in [-0.39, 0.29) is 12.0 Å². The Bertz CT molecular complexity index is 1290. The number of hydrogen-bond donors (Lipinski definition) is 2. The predicted molar refractivity (Wildman–Crippen MR) is 125 cm³/mol. The van der Waals surface area contributed by atoms with Crippen LogP contribution in [-0.2, 0) is 18.4 Å². The highest BCUT2D eigenvalue weighted by Crippen LogP contribution is 2.29. The molecule has 0 unspecified atom stereocenters. The summed E-state index contributed by atoms with van der Waals surface area (Å²) in [5.74, 6) is 0.612. The first-order valence-electron chi connectivity index (χ1n) is 11.4. The largest absolute Gasteiger partial charge is 0.489 e. The maximum atomic E-state index is 11.3. The number of ether oxygens (including phenoxy) is 1. The summed E-state index contributed by atoms with van der Waals surface area (Å²) < 4.78 is 9.35. The minimum Gasteiger partial charge on any atom is -0.489 e. The molecular formula is C23H25N9O3. The van der Waals surface area contributed by atoms with Gasteiger partial charge in [-0.05, 0) is 43.9 Å². The average Bonchev–Trinajstić information content (AvgIpc) is 3.54. The second kappa shape index (κ2) is 9.87. The third kappa shape index (κ3) is 5.10. The highest BCUT2D eigenvalue weighted by molar-refractivity contribution is 5.70. The van der Waals surface area contributed by atoms with Crippen LogP contribution >= 0.6 is 0 Å². The van der Waals surface area contributed by atoms with E-state index in [1.165, 1.54) is 0 Å². The van der Waals surface area contributed by atoms with E-state index in [1.54, 1.807) is 34.0 Å². The fraction of sp³-hybridized carbons (Fsp3) is 0.348. The number of nitrogens with zero attached hydrogens (tertiary/aromatic N) is 8. The van der Waals surface area contributed by atoms with Gasteiger partial charge in [0.1, 0.15) is 11.4 Å². The molecule has 1 aliphatic rings. The molecule has 0 spiro atoms. The molecule has 4 aromatic heterocycles. The molecule has 35 heavy (non-hydrogen) atoms. The van der Waals surface area contributed by atoms with Gasteiger partial charge in [-0.2, -0.15) is 10.1 Å². The van der Waals surface area contributed by atoms with Crippen molar-refractivity contribution in [2.45, 2.75) is 38.3 Å². The molecule has 12 heteroatoms. The number of rotatable bonds is 8. The zero-order valence-electron chi connectivity index (χ0n) is 19.2. The molecule has 0 saturated heterocycles. The zero-order valence-corrected chi connectivity index (χ0v) is 19.2. The maximum absolute atomic E-state index is 11.3. The lowest BCUT2D eigenvalue weighted by atomic mass is 9.87. The van der Waals surface area contributed by atoms with Crippen LogP contribution < -0.4 is 10.1 Å². The van der Waals surface area contributed by atoms with Crippen LogP contribution in [0.4, 0.5) is 5.95 Å².